The van der Waals surface area contributed by atoms with Crippen molar-refractivity contribution in [2.24, 2.45) is 0 Å². The maximum Gasteiger partial charge on any atom is 0.230 e. The summed E-state index contributed by atoms with van der Waals surface area (Å²) >= 11 is 1.46. The van der Waals surface area contributed by atoms with E-state index in [2.05, 4.69) is 31.3 Å². The number of carbonyl (C=O) groups is 1. The van der Waals surface area contributed by atoms with Crippen molar-refractivity contribution in [3.8, 4) is 11.4 Å². The van der Waals surface area contributed by atoms with Gasteiger partial charge in [0.05, 0.1) is 11.3 Å². The first-order valence-corrected chi connectivity index (χ1v) is 9.89. The van der Waals surface area contributed by atoms with Crippen LogP contribution < -0.4 is 5.32 Å². The molecule has 0 aliphatic carbocycles. The van der Waals surface area contributed by atoms with E-state index in [1.54, 1.807) is 0 Å². The highest BCUT2D eigenvalue weighted by Gasteiger charge is 2.11. The summed E-state index contributed by atoms with van der Waals surface area (Å²) in [5.74, 6) is 1.10. The zero-order valence-electron chi connectivity index (χ0n) is 15.2. The third-order valence-electron chi connectivity index (χ3n) is 4.07. The Kier molecular flexibility index (Phi) is 6.23. The second kappa shape index (κ2) is 8.81. The lowest BCUT2D eigenvalue weighted by Gasteiger charge is -2.09. The van der Waals surface area contributed by atoms with E-state index in [0.29, 0.717) is 11.6 Å². The lowest BCUT2D eigenvalue weighted by Crippen LogP contribution is -2.26. The third kappa shape index (κ3) is 4.61. The monoisotopic (exact) mass is 365 g/mol. The fourth-order valence-electron chi connectivity index (χ4n) is 2.58. The maximum absolute atomic E-state index is 12.0. The van der Waals surface area contributed by atoms with Crippen LogP contribution in [0.3, 0.4) is 0 Å². The van der Waals surface area contributed by atoms with E-state index in [1.807, 2.05) is 36.4 Å². The minimum absolute atomic E-state index is 0.0445. The highest BCUT2D eigenvalue weighted by molar-refractivity contribution is 8.00. The average molecular weight is 366 g/mol. The van der Waals surface area contributed by atoms with Crippen LogP contribution in [0.25, 0.3) is 22.3 Å². The number of unbranched alkanes of at least 4 members (excludes halogenated alkanes) is 1. The predicted molar refractivity (Wildman–Crippen MR) is 108 cm³/mol. The van der Waals surface area contributed by atoms with E-state index in [9.17, 15) is 4.79 Å². The van der Waals surface area contributed by atoms with Gasteiger partial charge >= 0.3 is 0 Å². The molecule has 1 amide bonds. The van der Waals surface area contributed by atoms with Crippen LogP contribution in [0.2, 0.25) is 0 Å². The molecule has 0 spiro atoms. The second-order valence-electron chi connectivity index (χ2n) is 6.23. The molecule has 1 heterocycles. The fourth-order valence-corrected chi connectivity index (χ4v) is 3.43. The van der Waals surface area contributed by atoms with Crippen LogP contribution >= 0.6 is 11.8 Å². The van der Waals surface area contributed by atoms with Crippen LogP contribution in [0.5, 0.6) is 0 Å². The van der Waals surface area contributed by atoms with Crippen molar-refractivity contribution < 1.29 is 4.79 Å². The Balaban J connectivity index is 1.86. The van der Waals surface area contributed by atoms with Crippen LogP contribution in [-0.4, -0.2) is 28.2 Å². The number of carbonyl (C=O) groups excluding carboxylic acids is 1. The van der Waals surface area contributed by atoms with Crippen molar-refractivity contribution in [1.82, 2.24) is 15.3 Å². The molecule has 134 valence electrons. The highest BCUT2D eigenvalue weighted by Crippen LogP contribution is 2.28. The Morgan fingerprint density at radius 1 is 1.08 bits per heavy atom. The summed E-state index contributed by atoms with van der Waals surface area (Å²) in [6, 6.07) is 16.1. The van der Waals surface area contributed by atoms with Gasteiger partial charge in [0.25, 0.3) is 0 Å². The summed E-state index contributed by atoms with van der Waals surface area (Å²) in [7, 11) is 0. The van der Waals surface area contributed by atoms with Crippen molar-refractivity contribution in [1.29, 1.82) is 0 Å². The second-order valence-corrected chi connectivity index (χ2v) is 7.19. The number of nitrogens with zero attached hydrogens (tertiary/aromatic N) is 2. The largest absolute Gasteiger partial charge is 0.355 e. The molecule has 0 atom stereocenters. The van der Waals surface area contributed by atoms with Crippen molar-refractivity contribution >= 4 is 28.6 Å². The van der Waals surface area contributed by atoms with Crippen molar-refractivity contribution in [3.05, 3.63) is 54.1 Å². The van der Waals surface area contributed by atoms with Gasteiger partial charge in [-0.3, -0.25) is 4.79 Å². The lowest BCUT2D eigenvalue weighted by molar-refractivity contribution is -0.118. The van der Waals surface area contributed by atoms with Crippen LogP contribution in [0.15, 0.2) is 53.6 Å². The Hall–Kier alpha value is -2.40. The SMILES string of the molecule is CCCCNC(=O)CSc1nc(-c2ccc(C)cc2)nc2ccccc12. The van der Waals surface area contributed by atoms with Gasteiger partial charge in [0.15, 0.2) is 5.82 Å². The molecule has 0 saturated heterocycles. The molecule has 0 unspecified atom stereocenters. The number of aryl methyl sites for hydroxylation is 1. The van der Waals surface area contributed by atoms with Crippen LogP contribution in [0.1, 0.15) is 25.3 Å². The van der Waals surface area contributed by atoms with Crippen molar-refractivity contribution in [2.75, 3.05) is 12.3 Å². The van der Waals surface area contributed by atoms with E-state index >= 15 is 0 Å². The summed E-state index contributed by atoms with van der Waals surface area (Å²) in [5.41, 5.74) is 3.08. The zero-order valence-corrected chi connectivity index (χ0v) is 16.0. The van der Waals surface area contributed by atoms with Crippen LogP contribution in [0.4, 0.5) is 0 Å². The zero-order chi connectivity index (χ0) is 18.4. The van der Waals surface area contributed by atoms with Gasteiger partial charge in [-0.05, 0) is 19.4 Å². The summed E-state index contributed by atoms with van der Waals surface area (Å²) in [6.45, 7) is 4.90. The molecule has 2 aromatic carbocycles. The molecule has 26 heavy (non-hydrogen) atoms. The maximum atomic E-state index is 12.0. The van der Waals surface area contributed by atoms with Gasteiger partial charge < -0.3 is 5.32 Å². The number of benzene rings is 2. The highest BCUT2D eigenvalue weighted by atomic mass is 32.2. The van der Waals surface area contributed by atoms with E-state index in [1.165, 1.54) is 17.3 Å². The van der Waals surface area contributed by atoms with E-state index < -0.39 is 0 Å². The van der Waals surface area contributed by atoms with Gasteiger partial charge in [0, 0.05) is 17.5 Å². The van der Waals surface area contributed by atoms with Crippen molar-refractivity contribution in [2.45, 2.75) is 31.7 Å². The lowest BCUT2D eigenvalue weighted by atomic mass is 10.1. The molecular weight excluding hydrogens is 342 g/mol. The Labute approximate surface area is 158 Å². The van der Waals surface area contributed by atoms with E-state index in [4.69, 9.17) is 9.97 Å². The Bertz CT molecular complexity index is 893. The van der Waals surface area contributed by atoms with E-state index in [-0.39, 0.29) is 5.91 Å². The van der Waals surface area contributed by atoms with Crippen molar-refractivity contribution in [3.63, 3.8) is 0 Å². The number of hydrogen-bond acceptors (Lipinski definition) is 4. The Morgan fingerprint density at radius 3 is 2.62 bits per heavy atom. The van der Waals surface area contributed by atoms with Gasteiger partial charge in [-0.15, -0.1) is 0 Å². The molecule has 0 saturated carbocycles. The molecule has 0 fully saturated rings. The number of hydrogen-bond donors (Lipinski definition) is 1. The standard InChI is InChI=1S/C21H23N3OS/c1-3-4-13-22-19(25)14-26-21-17-7-5-6-8-18(17)23-20(24-21)16-11-9-15(2)10-12-16/h5-12H,3-4,13-14H2,1-2H3,(H,22,25). The molecule has 0 bridgehead atoms. The molecule has 3 aromatic rings. The summed E-state index contributed by atoms with van der Waals surface area (Å²) in [4.78, 5) is 21.5. The predicted octanol–water partition coefficient (Wildman–Crippen LogP) is 4.61. The number of fused-ring (bicyclic) bond motifs is 1. The minimum atomic E-state index is 0.0445. The quantitative estimate of drug-likeness (QED) is 0.377. The topological polar surface area (TPSA) is 54.9 Å². The fraction of sp³-hybridized carbons (Fsp3) is 0.286. The number of aromatic nitrogens is 2. The number of thioether (sulfide) groups is 1. The first-order valence-electron chi connectivity index (χ1n) is 8.90. The first kappa shape index (κ1) is 18.4. The normalized spacial score (nSPS) is 10.8. The van der Waals surface area contributed by atoms with Gasteiger partial charge in [-0.25, -0.2) is 9.97 Å². The summed E-state index contributed by atoms with van der Waals surface area (Å²) < 4.78 is 0. The van der Waals surface area contributed by atoms with Gasteiger partial charge in [-0.2, -0.15) is 0 Å². The molecule has 0 aliphatic heterocycles. The molecule has 3 rings (SSSR count). The van der Waals surface area contributed by atoms with E-state index in [0.717, 1.165) is 40.9 Å². The smallest absolute Gasteiger partial charge is 0.230 e. The molecule has 0 aliphatic rings. The van der Waals surface area contributed by atoms with Gasteiger partial charge in [-0.1, -0.05) is 73.1 Å². The summed E-state index contributed by atoms with van der Waals surface area (Å²) in [5, 5.41) is 4.78. The first-order chi connectivity index (χ1) is 12.7. The molecule has 4 nitrogen and oxygen atoms in total. The van der Waals surface area contributed by atoms with Gasteiger partial charge in [0.1, 0.15) is 5.03 Å². The Morgan fingerprint density at radius 2 is 1.85 bits per heavy atom. The van der Waals surface area contributed by atoms with Crippen LogP contribution in [-0.2, 0) is 4.79 Å². The average Bonchev–Trinajstić information content (AvgIpc) is 2.66. The summed E-state index contributed by atoms with van der Waals surface area (Å²) in [6.07, 6.45) is 2.08. The molecule has 1 N–H and O–H groups in total. The number of amides is 1. The number of para-hydroxylation sites is 1. The molecule has 0 radical (unpaired) electrons. The molecule has 5 heteroatoms. The van der Waals surface area contributed by atoms with Gasteiger partial charge in [0.2, 0.25) is 5.91 Å². The minimum Gasteiger partial charge on any atom is -0.355 e. The number of nitrogens with one attached hydrogen (secondary N) is 1. The third-order valence-corrected chi connectivity index (χ3v) is 5.06. The molecular formula is C21H23N3OS. The number of rotatable bonds is 7. The van der Waals surface area contributed by atoms with Crippen LogP contribution in [0, 0.1) is 6.92 Å². The molecule has 1 aromatic heterocycles.